The summed E-state index contributed by atoms with van der Waals surface area (Å²) in [6.07, 6.45) is 5.75. The largest absolute Gasteiger partial charge is 0.478 e. The van der Waals surface area contributed by atoms with Gasteiger partial charge in [0.05, 0.1) is 16.6 Å². The number of rotatable bonds is 4. The van der Waals surface area contributed by atoms with Crippen LogP contribution in [0.25, 0.3) is 11.0 Å². The zero-order valence-electron chi connectivity index (χ0n) is 12.2. The first kappa shape index (κ1) is 13.9. The molecule has 0 amide bonds. The van der Waals surface area contributed by atoms with Gasteiger partial charge in [0.25, 0.3) is 0 Å². The number of aromatic nitrogens is 2. The Morgan fingerprint density at radius 3 is 2.71 bits per heavy atom. The fourth-order valence-electron chi connectivity index (χ4n) is 3.60. The SMILES string of the molecule is CCC1(Cn2c(=O)[nH]c3c(C(=O)O)cccc32)CCCC1. The number of H-pyrrole nitrogens is 1. The maximum absolute atomic E-state index is 12.3. The van der Waals surface area contributed by atoms with Gasteiger partial charge < -0.3 is 10.1 Å². The maximum atomic E-state index is 12.3. The number of nitrogens with zero attached hydrogens (tertiary/aromatic N) is 1. The number of aromatic carboxylic acids is 1. The fourth-order valence-corrected chi connectivity index (χ4v) is 3.60. The van der Waals surface area contributed by atoms with Crippen molar-refractivity contribution in [1.29, 1.82) is 0 Å². The van der Waals surface area contributed by atoms with Crippen LogP contribution in [0.15, 0.2) is 23.0 Å². The molecule has 1 heterocycles. The van der Waals surface area contributed by atoms with Crippen molar-refractivity contribution in [3.8, 4) is 0 Å². The Hall–Kier alpha value is -2.04. The molecule has 2 aromatic rings. The van der Waals surface area contributed by atoms with Gasteiger partial charge >= 0.3 is 11.7 Å². The molecule has 1 aliphatic rings. The zero-order valence-corrected chi connectivity index (χ0v) is 12.2. The standard InChI is InChI=1S/C16H20N2O3/c1-2-16(8-3-4-9-16)10-18-12-7-5-6-11(14(19)20)13(12)17-15(18)21/h5-7H,2-4,8-10H2,1H3,(H,17,21)(H,19,20). The minimum absolute atomic E-state index is 0.153. The first-order chi connectivity index (χ1) is 10.1. The van der Waals surface area contributed by atoms with E-state index in [1.54, 1.807) is 10.6 Å². The van der Waals surface area contributed by atoms with Crippen LogP contribution in [-0.4, -0.2) is 20.6 Å². The molecule has 1 saturated carbocycles. The molecule has 1 aliphatic carbocycles. The normalized spacial score (nSPS) is 17.4. The number of hydrogen-bond donors (Lipinski definition) is 2. The van der Waals surface area contributed by atoms with Gasteiger partial charge in [-0.1, -0.05) is 25.8 Å². The van der Waals surface area contributed by atoms with E-state index in [1.807, 2.05) is 6.07 Å². The molecule has 0 saturated heterocycles. The van der Waals surface area contributed by atoms with E-state index in [2.05, 4.69) is 11.9 Å². The molecule has 21 heavy (non-hydrogen) atoms. The molecule has 1 aromatic carbocycles. The Bertz CT molecular complexity index is 736. The van der Waals surface area contributed by atoms with Crippen LogP contribution in [0.4, 0.5) is 0 Å². The van der Waals surface area contributed by atoms with E-state index in [0.717, 1.165) is 19.3 Å². The van der Waals surface area contributed by atoms with Gasteiger partial charge in [0.1, 0.15) is 0 Å². The van der Waals surface area contributed by atoms with Crippen LogP contribution >= 0.6 is 0 Å². The van der Waals surface area contributed by atoms with E-state index in [1.165, 1.54) is 18.9 Å². The van der Waals surface area contributed by atoms with Crippen molar-refractivity contribution in [3.63, 3.8) is 0 Å². The van der Waals surface area contributed by atoms with Crippen molar-refractivity contribution in [2.75, 3.05) is 0 Å². The van der Waals surface area contributed by atoms with Crippen LogP contribution in [-0.2, 0) is 6.54 Å². The van der Waals surface area contributed by atoms with Gasteiger partial charge in [0.2, 0.25) is 0 Å². The molecular formula is C16H20N2O3. The molecule has 2 N–H and O–H groups in total. The van der Waals surface area contributed by atoms with Crippen molar-refractivity contribution in [3.05, 3.63) is 34.2 Å². The molecule has 0 bridgehead atoms. The average Bonchev–Trinajstić information content (AvgIpc) is 3.05. The van der Waals surface area contributed by atoms with Gasteiger partial charge in [-0.15, -0.1) is 0 Å². The van der Waals surface area contributed by atoms with Crippen LogP contribution in [0.3, 0.4) is 0 Å². The number of carbonyl (C=O) groups is 1. The molecule has 0 spiro atoms. The predicted octanol–water partition coefficient (Wildman–Crippen LogP) is 3.00. The van der Waals surface area contributed by atoms with Crippen molar-refractivity contribution in [2.24, 2.45) is 5.41 Å². The summed E-state index contributed by atoms with van der Waals surface area (Å²) in [5, 5.41) is 9.23. The number of para-hydroxylation sites is 1. The van der Waals surface area contributed by atoms with Gasteiger partial charge in [-0.2, -0.15) is 0 Å². The number of imidazole rings is 1. The first-order valence-electron chi connectivity index (χ1n) is 7.51. The van der Waals surface area contributed by atoms with Gasteiger partial charge in [0, 0.05) is 6.54 Å². The molecule has 112 valence electrons. The molecule has 0 unspecified atom stereocenters. The third kappa shape index (κ3) is 2.26. The number of carboxylic acids is 1. The summed E-state index contributed by atoms with van der Waals surface area (Å²) in [4.78, 5) is 26.3. The summed E-state index contributed by atoms with van der Waals surface area (Å²) in [6, 6.07) is 5.04. The summed E-state index contributed by atoms with van der Waals surface area (Å²) in [6.45, 7) is 2.85. The number of aromatic amines is 1. The number of nitrogens with one attached hydrogen (secondary N) is 1. The van der Waals surface area contributed by atoms with E-state index in [-0.39, 0.29) is 16.7 Å². The van der Waals surface area contributed by atoms with E-state index in [9.17, 15) is 14.7 Å². The molecule has 3 rings (SSSR count). The van der Waals surface area contributed by atoms with Gasteiger partial charge in [-0.05, 0) is 36.8 Å². The summed E-state index contributed by atoms with van der Waals surface area (Å²) in [5.41, 5.74) is 1.25. The number of hydrogen-bond acceptors (Lipinski definition) is 2. The van der Waals surface area contributed by atoms with E-state index >= 15 is 0 Å². The van der Waals surface area contributed by atoms with Gasteiger partial charge in [-0.3, -0.25) is 4.57 Å². The van der Waals surface area contributed by atoms with Crippen molar-refractivity contribution in [2.45, 2.75) is 45.6 Å². The lowest BCUT2D eigenvalue weighted by atomic mass is 9.83. The second-order valence-corrected chi connectivity index (χ2v) is 6.08. The van der Waals surface area contributed by atoms with Crippen LogP contribution in [0.2, 0.25) is 0 Å². The second-order valence-electron chi connectivity index (χ2n) is 6.08. The molecule has 0 radical (unpaired) electrons. The highest BCUT2D eigenvalue weighted by atomic mass is 16.4. The third-order valence-electron chi connectivity index (χ3n) is 4.95. The third-order valence-corrected chi connectivity index (χ3v) is 4.95. The predicted molar refractivity (Wildman–Crippen MR) is 80.7 cm³/mol. The minimum atomic E-state index is -1.01. The zero-order chi connectivity index (χ0) is 15.0. The molecular weight excluding hydrogens is 268 g/mol. The first-order valence-corrected chi connectivity index (χ1v) is 7.51. The highest BCUT2D eigenvalue weighted by Gasteiger charge is 2.33. The lowest BCUT2D eigenvalue weighted by molar-refractivity contribution is 0.0699. The van der Waals surface area contributed by atoms with E-state index < -0.39 is 5.97 Å². The van der Waals surface area contributed by atoms with Crippen LogP contribution in [0.5, 0.6) is 0 Å². The van der Waals surface area contributed by atoms with Gasteiger partial charge in [0.15, 0.2) is 0 Å². The van der Waals surface area contributed by atoms with Gasteiger partial charge in [-0.25, -0.2) is 9.59 Å². The average molecular weight is 288 g/mol. The van der Waals surface area contributed by atoms with E-state index in [0.29, 0.717) is 17.6 Å². The molecule has 1 fully saturated rings. The quantitative estimate of drug-likeness (QED) is 0.908. The van der Waals surface area contributed by atoms with Crippen molar-refractivity contribution in [1.82, 2.24) is 9.55 Å². The molecule has 1 aromatic heterocycles. The Morgan fingerprint density at radius 1 is 1.38 bits per heavy atom. The second kappa shape index (κ2) is 5.06. The summed E-state index contributed by atoms with van der Waals surface area (Å²) in [5.74, 6) is -1.01. The molecule has 5 heteroatoms. The lowest BCUT2D eigenvalue weighted by Gasteiger charge is -2.27. The number of fused-ring (bicyclic) bond motifs is 1. The Morgan fingerprint density at radius 2 is 2.10 bits per heavy atom. The summed E-state index contributed by atoms with van der Waals surface area (Å²) < 4.78 is 1.72. The summed E-state index contributed by atoms with van der Waals surface area (Å²) >= 11 is 0. The topological polar surface area (TPSA) is 75.1 Å². The molecule has 0 aliphatic heterocycles. The van der Waals surface area contributed by atoms with Crippen molar-refractivity contribution < 1.29 is 9.90 Å². The lowest BCUT2D eigenvalue weighted by Crippen LogP contribution is -2.28. The Balaban J connectivity index is 2.11. The maximum Gasteiger partial charge on any atom is 0.337 e. The van der Waals surface area contributed by atoms with Crippen molar-refractivity contribution >= 4 is 17.0 Å². The molecule has 5 nitrogen and oxygen atoms in total. The minimum Gasteiger partial charge on any atom is -0.478 e. The molecule has 0 atom stereocenters. The summed E-state index contributed by atoms with van der Waals surface area (Å²) in [7, 11) is 0. The Kier molecular flexibility index (Phi) is 3.35. The highest BCUT2D eigenvalue weighted by Crippen LogP contribution is 2.42. The van der Waals surface area contributed by atoms with Crippen LogP contribution in [0.1, 0.15) is 49.4 Å². The van der Waals surface area contributed by atoms with Crippen LogP contribution < -0.4 is 5.69 Å². The smallest absolute Gasteiger partial charge is 0.337 e. The monoisotopic (exact) mass is 288 g/mol. The fraction of sp³-hybridized carbons (Fsp3) is 0.500. The highest BCUT2D eigenvalue weighted by molar-refractivity contribution is 6.00. The van der Waals surface area contributed by atoms with E-state index in [4.69, 9.17) is 0 Å². The Labute approximate surface area is 122 Å². The number of carboxylic acid groups (broad SMARTS) is 1. The van der Waals surface area contributed by atoms with Crippen LogP contribution in [0, 0.1) is 5.41 Å². The number of benzene rings is 1.